The second kappa shape index (κ2) is 5.19. The molecule has 0 aromatic heterocycles. The Morgan fingerprint density at radius 2 is 2.24 bits per heavy atom. The number of hydrogen-bond acceptors (Lipinski definition) is 4. The fourth-order valence-electron chi connectivity index (χ4n) is 1.77. The lowest BCUT2D eigenvalue weighted by Gasteiger charge is -2.19. The van der Waals surface area contributed by atoms with Crippen molar-refractivity contribution in [1.29, 1.82) is 0 Å². The molecular formula is C13H13NO2S. The fraction of sp³-hybridized carbons (Fsp3) is 0.308. The molecule has 0 fully saturated rings. The van der Waals surface area contributed by atoms with Gasteiger partial charge in [0.1, 0.15) is 0 Å². The van der Waals surface area contributed by atoms with E-state index in [2.05, 4.69) is 4.99 Å². The molecule has 0 amide bonds. The Kier molecular flexibility index (Phi) is 3.64. The van der Waals surface area contributed by atoms with Crippen molar-refractivity contribution in [3.05, 3.63) is 29.8 Å². The van der Waals surface area contributed by atoms with Crippen LogP contribution in [0.15, 0.2) is 29.3 Å². The summed E-state index contributed by atoms with van der Waals surface area (Å²) in [4.78, 5) is 15.9. The van der Waals surface area contributed by atoms with Crippen molar-refractivity contribution in [1.82, 2.24) is 0 Å². The summed E-state index contributed by atoms with van der Waals surface area (Å²) < 4.78 is 4.92. The minimum atomic E-state index is -0.260. The highest BCUT2D eigenvalue weighted by atomic mass is 32.1. The lowest BCUT2D eigenvalue weighted by Crippen LogP contribution is -2.20. The molecule has 4 heteroatoms. The Bertz CT molecular complexity index is 482. The van der Waals surface area contributed by atoms with Crippen LogP contribution in [0.3, 0.4) is 0 Å². The molecule has 0 spiro atoms. The zero-order chi connectivity index (χ0) is 12.3. The quantitative estimate of drug-likeness (QED) is 0.609. The first-order chi connectivity index (χ1) is 8.18. The lowest BCUT2D eigenvalue weighted by atomic mass is 9.94. The minimum absolute atomic E-state index is 0.0826. The van der Waals surface area contributed by atoms with Gasteiger partial charge in [0.15, 0.2) is 0 Å². The van der Waals surface area contributed by atoms with E-state index in [9.17, 15) is 4.79 Å². The van der Waals surface area contributed by atoms with Crippen LogP contribution in [0.5, 0.6) is 0 Å². The number of carbonyl (C=O) groups excluding carboxylic acids is 1. The maximum Gasteiger partial charge on any atom is 0.302 e. The number of rotatable bonds is 3. The standard InChI is InChI=1S/C13H13NO2S/c1-9(15)16-7-6-10-8-14-12-5-3-2-4-11(12)13(10)17/h2-5,8,10H,6-7H2,1H3. The molecule has 0 aliphatic carbocycles. The molecule has 1 aromatic rings. The van der Waals surface area contributed by atoms with Gasteiger partial charge in [-0.2, -0.15) is 0 Å². The number of fused-ring (bicyclic) bond motifs is 1. The first-order valence-corrected chi connectivity index (χ1v) is 5.90. The third kappa shape index (κ3) is 2.77. The summed E-state index contributed by atoms with van der Waals surface area (Å²) in [7, 11) is 0. The fourth-order valence-corrected chi connectivity index (χ4v) is 2.12. The SMILES string of the molecule is CC(=O)OCCC1C=Nc2ccccc2C1=S. The monoisotopic (exact) mass is 247 g/mol. The van der Waals surface area contributed by atoms with Crippen molar-refractivity contribution in [2.45, 2.75) is 13.3 Å². The smallest absolute Gasteiger partial charge is 0.302 e. The molecule has 17 heavy (non-hydrogen) atoms. The predicted molar refractivity (Wildman–Crippen MR) is 71.0 cm³/mol. The zero-order valence-electron chi connectivity index (χ0n) is 9.55. The average molecular weight is 247 g/mol. The molecule has 88 valence electrons. The van der Waals surface area contributed by atoms with E-state index in [0.29, 0.717) is 13.0 Å². The van der Waals surface area contributed by atoms with Gasteiger partial charge in [0.25, 0.3) is 0 Å². The van der Waals surface area contributed by atoms with Crippen LogP contribution in [0.2, 0.25) is 0 Å². The van der Waals surface area contributed by atoms with Crippen molar-refractivity contribution in [3.8, 4) is 0 Å². The van der Waals surface area contributed by atoms with E-state index >= 15 is 0 Å². The molecule has 1 unspecified atom stereocenters. The Balaban J connectivity index is 2.05. The third-order valence-electron chi connectivity index (χ3n) is 2.63. The maximum atomic E-state index is 10.7. The molecule has 1 heterocycles. The van der Waals surface area contributed by atoms with E-state index in [1.807, 2.05) is 30.5 Å². The molecule has 0 N–H and O–H groups in total. The van der Waals surface area contributed by atoms with Crippen LogP contribution in [0, 0.1) is 5.92 Å². The minimum Gasteiger partial charge on any atom is -0.466 e. The van der Waals surface area contributed by atoms with E-state index in [1.54, 1.807) is 0 Å². The number of benzene rings is 1. The summed E-state index contributed by atoms with van der Waals surface area (Å²) in [5, 5.41) is 0. The highest BCUT2D eigenvalue weighted by molar-refractivity contribution is 7.81. The molecule has 1 aliphatic heterocycles. The summed E-state index contributed by atoms with van der Waals surface area (Å²) in [6.07, 6.45) is 2.53. The Morgan fingerprint density at radius 3 is 3.00 bits per heavy atom. The molecule has 1 aliphatic rings. The summed E-state index contributed by atoms with van der Waals surface area (Å²) in [5.41, 5.74) is 1.93. The van der Waals surface area contributed by atoms with Crippen LogP contribution in [-0.4, -0.2) is 23.7 Å². The van der Waals surface area contributed by atoms with Gasteiger partial charge in [-0.25, -0.2) is 0 Å². The van der Waals surface area contributed by atoms with Crippen LogP contribution in [0.4, 0.5) is 5.69 Å². The van der Waals surface area contributed by atoms with Crippen molar-refractivity contribution < 1.29 is 9.53 Å². The van der Waals surface area contributed by atoms with Gasteiger partial charge in [-0.1, -0.05) is 30.4 Å². The van der Waals surface area contributed by atoms with Crippen LogP contribution < -0.4 is 0 Å². The van der Waals surface area contributed by atoms with Gasteiger partial charge in [0.05, 0.1) is 12.3 Å². The Morgan fingerprint density at radius 1 is 1.47 bits per heavy atom. The average Bonchev–Trinajstić information content (AvgIpc) is 2.32. The van der Waals surface area contributed by atoms with Gasteiger partial charge in [0, 0.05) is 29.5 Å². The molecule has 1 atom stereocenters. The van der Waals surface area contributed by atoms with Gasteiger partial charge in [-0.3, -0.25) is 9.79 Å². The zero-order valence-corrected chi connectivity index (χ0v) is 10.4. The van der Waals surface area contributed by atoms with Gasteiger partial charge in [0.2, 0.25) is 0 Å². The summed E-state index contributed by atoms with van der Waals surface area (Å²) >= 11 is 5.43. The van der Waals surface area contributed by atoms with Crippen LogP contribution in [0.1, 0.15) is 18.9 Å². The van der Waals surface area contributed by atoms with Crippen LogP contribution >= 0.6 is 12.2 Å². The van der Waals surface area contributed by atoms with Gasteiger partial charge in [-0.05, 0) is 12.5 Å². The van der Waals surface area contributed by atoms with Crippen molar-refractivity contribution >= 4 is 35.0 Å². The molecule has 0 saturated carbocycles. The number of esters is 1. The normalized spacial score (nSPS) is 17.7. The molecule has 1 aromatic carbocycles. The molecular weight excluding hydrogens is 234 g/mol. The topological polar surface area (TPSA) is 38.7 Å². The van der Waals surface area contributed by atoms with E-state index in [1.165, 1.54) is 6.92 Å². The lowest BCUT2D eigenvalue weighted by molar-refractivity contribution is -0.141. The highest BCUT2D eigenvalue weighted by Gasteiger charge is 2.20. The number of aliphatic imine (C=N–C) groups is 1. The van der Waals surface area contributed by atoms with Crippen molar-refractivity contribution in [2.75, 3.05) is 6.61 Å². The molecule has 0 radical (unpaired) electrons. The van der Waals surface area contributed by atoms with Crippen LogP contribution in [-0.2, 0) is 9.53 Å². The number of ether oxygens (including phenoxy) is 1. The van der Waals surface area contributed by atoms with Crippen LogP contribution in [0.25, 0.3) is 0 Å². The summed E-state index contributed by atoms with van der Waals surface area (Å²) in [6, 6.07) is 7.82. The summed E-state index contributed by atoms with van der Waals surface area (Å²) in [5.74, 6) is -0.177. The first-order valence-electron chi connectivity index (χ1n) is 5.49. The second-order valence-corrected chi connectivity index (χ2v) is 4.33. The largest absolute Gasteiger partial charge is 0.466 e. The predicted octanol–water partition coefficient (Wildman–Crippen LogP) is 2.69. The van der Waals surface area contributed by atoms with Crippen molar-refractivity contribution in [2.24, 2.45) is 10.9 Å². The first kappa shape index (κ1) is 11.9. The highest BCUT2D eigenvalue weighted by Crippen LogP contribution is 2.27. The van der Waals surface area contributed by atoms with E-state index in [0.717, 1.165) is 16.1 Å². The Labute approximate surface area is 106 Å². The van der Waals surface area contributed by atoms with Gasteiger partial charge < -0.3 is 4.74 Å². The van der Waals surface area contributed by atoms with E-state index in [-0.39, 0.29) is 11.9 Å². The molecule has 0 saturated heterocycles. The van der Waals surface area contributed by atoms with E-state index in [4.69, 9.17) is 17.0 Å². The number of carbonyl (C=O) groups is 1. The number of para-hydroxylation sites is 1. The molecule has 0 bridgehead atoms. The van der Waals surface area contributed by atoms with Gasteiger partial charge in [-0.15, -0.1) is 0 Å². The number of hydrogen-bond donors (Lipinski definition) is 0. The van der Waals surface area contributed by atoms with E-state index < -0.39 is 0 Å². The molecule has 2 rings (SSSR count). The van der Waals surface area contributed by atoms with Gasteiger partial charge >= 0.3 is 5.97 Å². The third-order valence-corrected chi connectivity index (χ3v) is 3.16. The number of nitrogens with zero attached hydrogens (tertiary/aromatic N) is 1. The maximum absolute atomic E-state index is 10.7. The summed E-state index contributed by atoms with van der Waals surface area (Å²) in [6.45, 7) is 1.79. The number of thiocarbonyl (C=S) groups is 1. The Hall–Kier alpha value is -1.55. The second-order valence-electron chi connectivity index (χ2n) is 3.89. The molecule has 3 nitrogen and oxygen atoms in total. The van der Waals surface area contributed by atoms with Crippen molar-refractivity contribution in [3.63, 3.8) is 0 Å².